The molecule has 3 N–H and O–H groups in total. The highest BCUT2D eigenvalue weighted by molar-refractivity contribution is 5.84. The van der Waals surface area contributed by atoms with Gasteiger partial charge in [-0.05, 0) is 24.6 Å². The van der Waals surface area contributed by atoms with Crippen molar-refractivity contribution in [3.63, 3.8) is 0 Å². The summed E-state index contributed by atoms with van der Waals surface area (Å²) in [7, 11) is 0. The van der Waals surface area contributed by atoms with Crippen LogP contribution < -0.4 is 0 Å². The van der Waals surface area contributed by atoms with Crippen molar-refractivity contribution in [3.8, 4) is 5.75 Å². The second-order valence-corrected chi connectivity index (χ2v) is 4.40. The molecule has 2 aromatic rings. The zero-order valence-electron chi connectivity index (χ0n) is 10.4. The van der Waals surface area contributed by atoms with E-state index < -0.39 is 11.6 Å². The minimum absolute atomic E-state index is 0.0359. The van der Waals surface area contributed by atoms with E-state index >= 15 is 0 Å². The summed E-state index contributed by atoms with van der Waals surface area (Å²) in [6, 6.07) is 12.5. The standard InChI is InChI=1S/C15H14O4/c1-10-7-8-13(16)12(9-10)15(19,14(17)18)11-5-3-2-4-6-11/h2-9,16,19H,1H3,(H,17,18). The van der Waals surface area contributed by atoms with Crippen LogP contribution in [-0.4, -0.2) is 21.3 Å². The van der Waals surface area contributed by atoms with Crippen LogP contribution in [0.4, 0.5) is 0 Å². The van der Waals surface area contributed by atoms with E-state index in [4.69, 9.17) is 0 Å². The highest BCUT2D eigenvalue weighted by Crippen LogP contribution is 2.36. The van der Waals surface area contributed by atoms with Gasteiger partial charge in [-0.2, -0.15) is 0 Å². The lowest BCUT2D eigenvalue weighted by atomic mass is 9.85. The first-order chi connectivity index (χ1) is 8.96. The van der Waals surface area contributed by atoms with Gasteiger partial charge in [0.25, 0.3) is 0 Å². The fourth-order valence-electron chi connectivity index (χ4n) is 2.01. The quantitative estimate of drug-likeness (QED) is 0.787. The maximum absolute atomic E-state index is 11.5. The van der Waals surface area contributed by atoms with Crippen molar-refractivity contribution >= 4 is 5.97 Å². The van der Waals surface area contributed by atoms with Crippen LogP contribution >= 0.6 is 0 Å². The summed E-state index contributed by atoms with van der Waals surface area (Å²) in [4.78, 5) is 11.5. The topological polar surface area (TPSA) is 77.8 Å². The fourth-order valence-corrected chi connectivity index (χ4v) is 2.01. The first-order valence-electron chi connectivity index (χ1n) is 5.77. The lowest BCUT2D eigenvalue weighted by Gasteiger charge is -2.25. The fraction of sp³-hybridized carbons (Fsp3) is 0.133. The minimum Gasteiger partial charge on any atom is -0.508 e. The molecule has 0 aromatic heterocycles. The van der Waals surface area contributed by atoms with Crippen LogP contribution in [0.3, 0.4) is 0 Å². The number of rotatable bonds is 3. The average molecular weight is 258 g/mol. The van der Waals surface area contributed by atoms with Gasteiger partial charge in [-0.25, -0.2) is 4.79 Å². The molecule has 1 unspecified atom stereocenters. The Labute approximate surface area is 110 Å². The van der Waals surface area contributed by atoms with Gasteiger partial charge in [0.1, 0.15) is 5.75 Å². The molecule has 4 heteroatoms. The van der Waals surface area contributed by atoms with Gasteiger partial charge in [0, 0.05) is 5.56 Å². The van der Waals surface area contributed by atoms with Crippen molar-refractivity contribution in [1.29, 1.82) is 0 Å². The van der Waals surface area contributed by atoms with Crippen LogP contribution in [0, 0.1) is 6.92 Å². The van der Waals surface area contributed by atoms with Crippen LogP contribution in [0.5, 0.6) is 5.75 Å². The summed E-state index contributed by atoms with van der Waals surface area (Å²) in [5.74, 6) is -1.68. The minimum atomic E-state index is -2.27. The molecule has 0 aliphatic rings. The molecular weight excluding hydrogens is 244 g/mol. The summed E-state index contributed by atoms with van der Waals surface area (Å²) < 4.78 is 0. The lowest BCUT2D eigenvalue weighted by Crippen LogP contribution is -2.36. The zero-order chi connectivity index (χ0) is 14.0. The summed E-state index contributed by atoms with van der Waals surface area (Å²) in [5.41, 5.74) is -1.35. The van der Waals surface area contributed by atoms with Crippen LogP contribution in [0.15, 0.2) is 48.5 Å². The summed E-state index contributed by atoms with van der Waals surface area (Å²) in [6.07, 6.45) is 0. The number of carbonyl (C=O) groups is 1. The van der Waals surface area contributed by atoms with Crippen LogP contribution in [0.1, 0.15) is 16.7 Å². The molecule has 19 heavy (non-hydrogen) atoms. The molecule has 0 fully saturated rings. The first kappa shape index (κ1) is 13.1. The van der Waals surface area contributed by atoms with E-state index in [1.54, 1.807) is 31.2 Å². The van der Waals surface area contributed by atoms with E-state index in [0.717, 1.165) is 5.56 Å². The number of aliphatic carboxylic acids is 1. The molecule has 0 saturated carbocycles. The molecule has 0 aliphatic heterocycles. The maximum atomic E-state index is 11.5. The van der Waals surface area contributed by atoms with Gasteiger partial charge in [0.2, 0.25) is 5.60 Å². The van der Waals surface area contributed by atoms with Gasteiger partial charge in [-0.3, -0.25) is 0 Å². The molecule has 1 atom stereocenters. The monoisotopic (exact) mass is 258 g/mol. The largest absolute Gasteiger partial charge is 0.508 e. The number of phenolic OH excluding ortho intramolecular Hbond substituents is 1. The zero-order valence-corrected chi connectivity index (χ0v) is 10.4. The van der Waals surface area contributed by atoms with Crippen LogP contribution in [0.25, 0.3) is 0 Å². The Morgan fingerprint density at radius 3 is 2.32 bits per heavy atom. The Bertz CT molecular complexity index is 607. The van der Waals surface area contributed by atoms with Crippen molar-refractivity contribution in [3.05, 3.63) is 65.2 Å². The molecule has 0 heterocycles. The van der Waals surface area contributed by atoms with E-state index in [1.165, 1.54) is 24.3 Å². The molecular formula is C15H14O4. The van der Waals surface area contributed by atoms with Crippen LogP contribution in [-0.2, 0) is 10.4 Å². The van der Waals surface area contributed by atoms with Crippen LogP contribution in [0.2, 0.25) is 0 Å². The number of benzene rings is 2. The average Bonchev–Trinajstić information content (AvgIpc) is 2.41. The maximum Gasteiger partial charge on any atom is 0.345 e. The van der Waals surface area contributed by atoms with Gasteiger partial charge in [0.15, 0.2) is 0 Å². The Balaban J connectivity index is 2.70. The number of phenols is 1. The molecule has 0 radical (unpaired) electrons. The number of aryl methyl sites for hydroxylation is 1. The van der Waals surface area contributed by atoms with Gasteiger partial charge in [-0.15, -0.1) is 0 Å². The van der Waals surface area contributed by atoms with Crippen molar-refractivity contribution < 1.29 is 20.1 Å². The third kappa shape index (κ3) is 2.18. The van der Waals surface area contributed by atoms with Gasteiger partial charge in [0.05, 0.1) is 0 Å². The highest BCUT2D eigenvalue weighted by Gasteiger charge is 2.42. The predicted octanol–water partition coefficient (Wildman–Crippen LogP) is 2.02. The summed E-state index contributed by atoms with van der Waals surface area (Å²) in [6.45, 7) is 1.76. The first-order valence-corrected chi connectivity index (χ1v) is 5.77. The second kappa shape index (κ2) is 4.74. The normalized spacial score (nSPS) is 13.8. The molecule has 0 amide bonds. The molecule has 0 spiro atoms. The van der Waals surface area contributed by atoms with Crippen molar-refractivity contribution in [2.45, 2.75) is 12.5 Å². The Morgan fingerprint density at radius 1 is 1.11 bits per heavy atom. The van der Waals surface area contributed by atoms with E-state index in [0.29, 0.717) is 0 Å². The molecule has 0 aliphatic carbocycles. The number of carboxylic acid groups (broad SMARTS) is 1. The van der Waals surface area contributed by atoms with E-state index in [1.807, 2.05) is 0 Å². The molecule has 2 rings (SSSR count). The van der Waals surface area contributed by atoms with Crippen molar-refractivity contribution in [2.75, 3.05) is 0 Å². The summed E-state index contributed by atoms with van der Waals surface area (Å²) in [5, 5.41) is 29.8. The van der Waals surface area contributed by atoms with E-state index in [2.05, 4.69) is 0 Å². The smallest absolute Gasteiger partial charge is 0.345 e. The predicted molar refractivity (Wildman–Crippen MR) is 69.9 cm³/mol. The SMILES string of the molecule is Cc1ccc(O)c(C(O)(C(=O)O)c2ccccc2)c1. The number of aliphatic hydroxyl groups is 1. The molecule has 98 valence electrons. The molecule has 0 saturated heterocycles. The third-order valence-corrected chi connectivity index (χ3v) is 3.04. The van der Waals surface area contributed by atoms with Gasteiger partial charge in [-0.1, -0.05) is 42.0 Å². The number of aromatic hydroxyl groups is 1. The van der Waals surface area contributed by atoms with E-state index in [-0.39, 0.29) is 16.9 Å². The highest BCUT2D eigenvalue weighted by atomic mass is 16.4. The number of carboxylic acids is 1. The summed E-state index contributed by atoms with van der Waals surface area (Å²) >= 11 is 0. The Hall–Kier alpha value is -2.33. The molecule has 4 nitrogen and oxygen atoms in total. The Kier molecular flexibility index (Phi) is 3.27. The molecule has 0 bridgehead atoms. The van der Waals surface area contributed by atoms with E-state index in [9.17, 15) is 20.1 Å². The number of hydrogen-bond donors (Lipinski definition) is 3. The second-order valence-electron chi connectivity index (χ2n) is 4.40. The van der Waals surface area contributed by atoms with Crippen molar-refractivity contribution in [2.24, 2.45) is 0 Å². The van der Waals surface area contributed by atoms with Gasteiger partial charge >= 0.3 is 5.97 Å². The molecule has 2 aromatic carbocycles. The third-order valence-electron chi connectivity index (χ3n) is 3.04. The van der Waals surface area contributed by atoms with Gasteiger partial charge < -0.3 is 15.3 Å². The Morgan fingerprint density at radius 2 is 1.74 bits per heavy atom. The lowest BCUT2D eigenvalue weighted by molar-refractivity contribution is -0.155. The number of hydrogen-bond acceptors (Lipinski definition) is 3. The van der Waals surface area contributed by atoms with Crippen molar-refractivity contribution in [1.82, 2.24) is 0 Å².